The zero-order chi connectivity index (χ0) is 18.3. The van der Waals surface area contributed by atoms with Crippen molar-refractivity contribution in [1.29, 1.82) is 0 Å². The van der Waals surface area contributed by atoms with E-state index in [4.69, 9.17) is 10.2 Å². The molecule has 1 fully saturated rings. The van der Waals surface area contributed by atoms with Crippen molar-refractivity contribution in [3.8, 4) is 11.5 Å². The van der Waals surface area contributed by atoms with Crippen molar-refractivity contribution in [2.24, 2.45) is 11.7 Å². The van der Waals surface area contributed by atoms with Gasteiger partial charge in [0.2, 0.25) is 11.8 Å². The van der Waals surface area contributed by atoms with Gasteiger partial charge in [-0.25, -0.2) is 13.8 Å². The molecule has 2 aliphatic rings. The first-order valence-electron chi connectivity index (χ1n) is 8.99. The average Bonchev–Trinajstić information content (AvgIpc) is 3.03. The van der Waals surface area contributed by atoms with Gasteiger partial charge in [0.1, 0.15) is 23.1 Å². The zero-order valence-electron chi connectivity index (χ0n) is 14.4. The molecule has 1 amide bonds. The molecule has 0 saturated heterocycles. The molecule has 1 aliphatic carbocycles. The lowest BCUT2D eigenvalue weighted by Gasteiger charge is -2.32. The summed E-state index contributed by atoms with van der Waals surface area (Å²) in [4.78, 5) is 19.0. The maximum absolute atomic E-state index is 13.4. The Hall–Kier alpha value is -2.28. The first-order valence-corrected chi connectivity index (χ1v) is 8.99. The van der Waals surface area contributed by atoms with Crippen LogP contribution in [-0.2, 0) is 17.8 Å². The number of nitrogens with two attached hydrogens (primary N) is 1. The van der Waals surface area contributed by atoms with Crippen molar-refractivity contribution < 1.29 is 18.0 Å². The minimum Gasteiger partial charge on any atom is -0.441 e. The normalized spacial score (nSPS) is 23.0. The van der Waals surface area contributed by atoms with Crippen molar-refractivity contribution in [3.63, 3.8) is 0 Å². The molecule has 2 N–H and O–H groups in total. The second-order valence-electron chi connectivity index (χ2n) is 7.18. The molecule has 2 atom stereocenters. The van der Waals surface area contributed by atoms with Gasteiger partial charge in [0, 0.05) is 36.6 Å². The van der Waals surface area contributed by atoms with E-state index in [0.717, 1.165) is 31.7 Å². The molecule has 4 rings (SSSR count). The smallest absolute Gasteiger partial charge is 0.226 e. The molecule has 5 nitrogen and oxygen atoms in total. The van der Waals surface area contributed by atoms with Crippen LogP contribution in [0.1, 0.15) is 37.1 Å². The SMILES string of the molecule is N[C@H]1CCC[C@@H](C(=O)N2CCc3oc(-c4cc(F)cc(F)c4)nc3C2)C1. The molecule has 2 heterocycles. The Morgan fingerprint density at radius 1 is 1.23 bits per heavy atom. The molecule has 0 unspecified atom stereocenters. The predicted molar refractivity (Wildman–Crippen MR) is 90.9 cm³/mol. The van der Waals surface area contributed by atoms with Gasteiger partial charge in [-0.3, -0.25) is 4.79 Å². The molecule has 1 aromatic heterocycles. The number of carbonyl (C=O) groups is 1. The minimum atomic E-state index is -0.679. The third-order valence-electron chi connectivity index (χ3n) is 5.21. The lowest BCUT2D eigenvalue weighted by atomic mass is 9.85. The molecule has 7 heteroatoms. The Morgan fingerprint density at radius 3 is 2.73 bits per heavy atom. The van der Waals surface area contributed by atoms with E-state index in [2.05, 4.69) is 4.98 Å². The third kappa shape index (κ3) is 3.35. The molecule has 1 aliphatic heterocycles. The molecule has 0 bridgehead atoms. The number of benzene rings is 1. The average molecular weight is 361 g/mol. The largest absolute Gasteiger partial charge is 0.441 e. The third-order valence-corrected chi connectivity index (χ3v) is 5.21. The number of oxazole rings is 1. The van der Waals surface area contributed by atoms with Crippen LogP contribution in [0.25, 0.3) is 11.5 Å². The van der Waals surface area contributed by atoms with Crippen molar-refractivity contribution in [3.05, 3.63) is 41.3 Å². The molecule has 1 aromatic carbocycles. The van der Waals surface area contributed by atoms with Crippen molar-refractivity contribution >= 4 is 5.91 Å². The highest BCUT2D eigenvalue weighted by atomic mass is 19.1. The summed E-state index contributed by atoms with van der Waals surface area (Å²) in [5.41, 5.74) is 6.92. The summed E-state index contributed by atoms with van der Waals surface area (Å²) in [6, 6.07) is 3.28. The lowest BCUT2D eigenvalue weighted by Crippen LogP contribution is -2.42. The van der Waals surface area contributed by atoms with Gasteiger partial charge in [-0.05, 0) is 31.4 Å². The van der Waals surface area contributed by atoms with Crippen LogP contribution in [0, 0.1) is 17.6 Å². The van der Waals surface area contributed by atoms with Crippen molar-refractivity contribution in [2.45, 2.75) is 44.7 Å². The van der Waals surface area contributed by atoms with Gasteiger partial charge >= 0.3 is 0 Å². The fraction of sp³-hybridized carbons (Fsp3) is 0.474. The predicted octanol–water partition coefficient (Wildman–Crippen LogP) is 3.02. The molecule has 1 saturated carbocycles. The van der Waals surface area contributed by atoms with Gasteiger partial charge in [0.15, 0.2) is 0 Å². The Labute approximate surface area is 150 Å². The number of hydrogen-bond acceptors (Lipinski definition) is 4. The number of halogens is 2. The topological polar surface area (TPSA) is 72.4 Å². The number of rotatable bonds is 2. The molecule has 26 heavy (non-hydrogen) atoms. The maximum atomic E-state index is 13.4. The Kier molecular flexibility index (Phi) is 4.48. The van der Waals surface area contributed by atoms with E-state index in [9.17, 15) is 13.6 Å². The van der Waals surface area contributed by atoms with E-state index in [1.54, 1.807) is 4.90 Å². The van der Waals surface area contributed by atoms with E-state index < -0.39 is 11.6 Å². The highest BCUT2D eigenvalue weighted by Gasteiger charge is 2.32. The van der Waals surface area contributed by atoms with Crippen LogP contribution in [-0.4, -0.2) is 28.4 Å². The van der Waals surface area contributed by atoms with Gasteiger partial charge in [-0.15, -0.1) is 0 Å². The van der Waals surface area contributed by atoms with Crippen molar-refractivity contribution in [2.75, 3.05) is 6.54 Å². The number of hydrogen-bond donors (Lipinski definition) is 1. The summed E-state index contributed by atoms with van der Waals surface area (Å²) in [7, 11) is 0. The van der Waals surface area contributed by atoms with E-state index in [-0.39, 0.29) is 29.3 Å². The Bertz CT molecular complexity index is 816. The molecular formula is C19H21F2N3O2. The van der Waals surface area contributed by atoms with Crippen LogP contribution in [0.15, 0.2) is 22.6 Å². The van der Waals surface area contributed by atoms with Crippen LogP contribution in [0.3, 0.4) is 0 Å². The first kappa shape index (κ1) is 17.1. The summed E-state index contributed by atoms with van der Waals surface area (Å²) >= 11 is 0. The van der Waals surface area contributed by atoms with E-state index in [1.807, 2.05) is 0 Å². The second kappa shape index (κ2) is 6.79. The highest BCUT2D eigenvalue weighted by molar-refractivity contribution is 5.79. The molecule has 138 valence electrons. The number of carbonyl (C=O) groups excluding carboxylic acids is 1. The van der Waals surface area contributed by atoms with Crippen LogP contribution in [0.2, 0.25) is 0 Å². The standard InChI is InChI=1S/C19H21F2N3O2/c20-13-6-12(7-14(21)9-13)18-23-16-10-24(5-4-17(16)26-18)19(25)11-2-1-3-15(22)8-11/h6-7,9,11,15H,1-5,8,10,22H2/t11-,15+/m1/s1. The maximum Gasteiger partial charge on any atom is 0.226 e. The van der Waals surface area contributed by atoms with Gasteiger partial charge < -0.3 is 15.1 Å². The quantitative estimate of drug-likeness (QED) is 0.892. The minimum absolute atomic E-state index is 0.0241. The molecule has 2 aromatic rings. The Balaban J connectivity index is 1.52. The van der Waals surface area contributed by atoms with Gasteiger partial charge in [0.05, 0.1) is 6.54 Å². The fourth-order valence-corrected chi connectivity index (χ4v) is 3.90. The van der Waals surface area contributed by atoms with Crippen LogP contribution in [0.4, 0.5) is 8.78 Å². The molecule has 0 spiro atoms. The van der Waals surface area contributed by atoms with Crippen molar-refractivity contribution in [1.82, 2.24) is 9.88 Å². The van der Waals surface area contributed by atoms with Gasteiger partial charge in [0.25, 0.3) is 0 Å². The lowest BCUT2D eigenvalue weighted by molar-refractivity contribution is -0.137. The number of nitrogens with zero attached hydrogens (tertiary/aromatic N) is 2. The van der Waals surface area contributed by atoms with Gasteiger partial charge in [-0.2, -0.15) is 0 Å². The summed E-state index contributed by atoms with van der Waals surface area (Å²) in [5, 5.41) is 0. The van der Waals surface area contributed by atoms with Crippen LogP contribution >= 0.6 is 0 Å². The second-order valence-corrected chi connectivity index (χ2v) is 7.18. The van der Waals surface area contributed by atoms with E-state index in [1.165, 1.54) is 12.1 Å². The van der Waals surface area contributed by atoms with E-state index in [0.29, 0.717) is 31.0 Å². The summed E-state index contributed by atoms with van der Waals surface area (Å²) in [5.74, 6) is -0.407. The number of fused-ring (bicyclic) bond motifs is 1. The molecule has 0 radical (unpaired) electrons. The first-order chi connectivity index (χ1) is 12.5. The Morgan fingerprint density at radius 2 is 2.00 bits per heavy atom. The number of aromatic nitrogens is 1. The van der Waals surface area contributed by atoms with E-state index >= 15 is 0 Å². The molecular weight excluding hydrogens is 340 g/mol. The summed E-state index contributed by atoms with van der Waals surface area (Å²) < 4.78 is 32.6. The zero-order valence-corrected chi connectivity index (χ0v) is 14.4. The summed E-state index contributed by atoms with van der Waals surface area (Å²) in [6.07, 6.45) is 4.11. The van der Waals surface area contributed by atoms with Crippen LogP contribution < -0.4 is 5.73 Å². The summed E-state index contributed by atoms with van der Waals surface area (Å²) in [6.45, 7) is 0.922. The highest BCUT2D eigenvalue weighted by Crippen LogP contribution is 2.30. The fourth-order valence-electron chi connectivity index (χ4n) is 3.90. The number of amides is 1. The monoisotopic (exact) mass is 361 g/mol. The van der Waals surface area contributed by atoms with Crippen LogP contribution in [0.5, 0.6) is 0 Å². The van der Waals surface area contributed by atoms with Gasteiger partial charge in [-0.1, -0.05) is 6.42 Å².